The van der Waals surface area contributed by atoms with Crippen LogP contribution in [-0.4, -0.2) is 49.6 Å². The fourth-order valence-electron chi connectivity index (χ4n) is 2.88. The van der Waals surface area contributed by atoms with E-state index in [-0.39, 0.29) is 11.8 Å². The van der Waals surface area contributed by atoms with Gasteiger partial charge in [-0.05, 0) is 44.9 Å². The molecule has 118 valence electrons. The molecule has 1 aromatic rings. The maximum Gasteiger partial charge on any atom is 0.214 e. The second-order valence-electron chi connectivity index (χ2n) is 5.70. The van der Waals surface area contributed by atoms with Crippen LogP contribution in [0.1, 0.15) is 31.4 Å². The molecule has 0 aromatic carbocycles. The van der Waals surface area contributed by atoms with Crippen LogP contribution in [0, 0.1) is 0 Å². The first-order chi connectivity index (χ1) is 10.0. The first kappa shape index (κ1) is 16.4. The van der Waals surface area contributed by atoms with Gasteiger partial charge in [0.15, 0.2) is 0 Å². The summed E-state index contributed by atoms with van der Waals surface area (Å²) in [6.07, 6.45) is 6.13. The van der Waals surface area contributed by atoms with Crippen molar-refractivity contribution in [2.45, 2.75) is 44.2 Å². The van der Waals surface area contributed by atoms with Gasteiger partial charge in [0.1, 0.15) is 0 Å². The second-order valence-corrected chi connectivity index (χ2v) is 7.85. The SMILES string of the molecule is CNC1CCC(N(C)S(=O)(=O)CCc2ccccn2)CC1. The minimum atomic E-state index is -3.21. The topological polar surface area (TPSA) is 62.3 Å². The fraction of sp³-hybridized carbons (Fsp3) is 0.667. The number of aromatic nitrogens is 1. The molecule has 0 radical (unpaired) electrons. The van der Waals surface area contributed by atoms with Crippen molar-refractivity contribution in [2.24, 2.45) is 0 Å². The first-order valence-corrected chi connectivity index (χ1v) is 9.16. The van der Waals surface area contributed by atoms with Gasteiger partial charge >= 0.3 is 0 Å². The van der Waals surface area contributed by atoms with Gasteiger partial charge in [-0.25, -0.2) is 12.7 Å². The number of rotatable bonds is 6. The zero-order valence-electron chi connectivity index (χ0n) is 12.8. The van der Waals surface area contributed by atoms with E-state index in [0.29, 0.717) is 12.5 Å². The largest absolute Gasteiger partial charge is 0.317 e. The minimum absolute atomic E-state index is 0.131. The summed E-state index contributed by atoms with van der Waals surface area (Å²) < 4.78 is 26.5. The highest BCUT2D eigenvalue weighted by molar-refractivity contribution is 7.89. The Bertz CT molecular complexity index is 525. The van der Waals surface area contributed by atoms with Crippen molar-refractivity contribution < 1.29 is 8.42 Å². The van der Waals surface area contributed by atoms with Gasteiger partial charge in [0, 0.05) is 37.4 Å². The number of hydrogen-bond donors (Lipinski definition) is 1. The maximum absolute atomic E-state index is 12.4. The molecule has 1 aliphatic rings. The van der Waals surface area contributed by atoms with Crippen LogP contribution in [0.15, 0.2) is 24.4 Å². The third-order valence-electron chi connectivity index (χ3n) is 4.40. The highest BCUT2D eigenvalue weighted by atomic mass is 32.2. The van der Waals surface area contributed by atoms with E-state index >= 15 is 0 Å². The van der Waals surface area contributed by atoms with E-state index in [0.717, 1.165) is 31.4 Å². The summed E-state index contributed by atoms with van der Waals surface area (Å²) in [4.78, 5) is 4.18. The molecule has 5 nitrogen and oxygen atoms in total. The lowest BCUT2D eigenvalue weighted by Gasteiger charge is -2.33. The highest BCUT2D eigenvalue weighted by Crippen LogP contribution is 2.24. The van der Waals surface area contributed by atoms with Crippen molar-refractivity contribution in [3.8, 4) is 0 Å². The third-order valence-corrected chi connectivity index (χ3v) is 6.30. The van der Waals surface area contributed by atoms with E-state index in [2.05, 4.69) is 10.3 Å². The van der Waals surface area contributed by atoms with E-state index in [1.54, 1.807) is 17.5 Å². The molecule has 1 aliphatic carbocycles. The molecule has 1 N–H and O–H groups in total. The van der Waals surface area contributed by atoms with Gasteiger partial charge in [-0.1, -0.05) is 6.07 Å². The van der Waals surface area contributed by atoms with Crippen LogP contribution in [0.25, 0.3) is 0 Å². The molecule has 6 heteroatoms. The maximum atomic E-state index is 12.4. The van der Waals surface area contributed by atoms with Crippen molar-refractivity contribution >= 4 is 10.0 Å². The van der Waals surface area contributed by atoms with Gasteiger partial charge in [0.05, 0.1) is 5.75 Å². The summed E-state index contributed by atoms with van der Waals surface area (Å²) in [7, 11) is 0.482. The van der Waals surface area contributed by atoms with Crippen molar-refractivity contribution in [1.82, 2.24) is 14.6 Å². The molecule has 0 amide bonds. The molecule has 0 unspecified atom stereocenters. The summed E-state index contributed by atoms with van der Waals surface area (Å²) >= 11 is 0. The molecular formula is C15H25N3O2S. The lowest BCUT2D eigenvalue weighted by atomic mass is 9.91. The lowest BCUT2D eigenvalue weighted by Crippen LogP contribution is -2.43. The molecule has 0 aliphatic heterocycles. The zero-order chi connectivity index (χ0) is 15.3. The smallest absolute Gasteiger partial charge is 0.214 e. The molecule has 2 rings (SSSR count). The lowest BCUT2D eigenvalue weighted by molar-refractivity contribution is 0.255. The summed E-state index contributed by atoms with van der Waals surface area (Å²) in [6, 6.07) is 6.27. The Morgan fingerprint density at radius 1 is 1.29 bits per heavy atom. The molecule has 21 heavy (non-hydrogen) atoms. The number of sulfonamides is 1. The van der Waals surface area contributed by atoms with E-state index < -0.39 is 10.0 Å². The molecule has 0 atom stereocenters. The quantitative estimate of drug-likeness (QED) is 0.863. The monoisotopic (exact) mass is 311 g/mol. The predicted octanol–water partition coefficient (Wildman–Crippen LogP) is 1.42. The summed E-state index contributed by atoms with van der Waals surface area (Å²) in [6.45, 7) is 0. The number of nitrogens with one attached hydrogen (secondary N) is 1. The summed E-state index contributed by atoms with van der Waals surface area (Å²) in [5.41, 5.74) is 0.827. The molecule has 1 saturated carbocycles. The average molecular weight is 311 g/mol. The van der Waals surface area contributed by atoms with Crippen molar-refractivity contribution in [2.75, 3.05) is 19.8 Å². The Morgan fingerprint density at radius 2 is 2.00 bits per heavy atom. The summed E-state index contributed by atoms with van der Waals surface area (Å²) in [5, 5.41) is 3.27. The molecule has 1 aromatic heterocycles. The number of nitrogens with zero attached hydrogens (tertiary/aromatic N) is 2. The average Bonchev–Trinajstić information content (AvgIpc) is 2.53. The molecule has 0 saturated heterocycles. The van der Waals surface area contributed by atoms with Crippen molar-refractivity contribution in [3.05, 3.63) is 30.1 Å². The van der Waals surface area contributed by atoms with Gasteiger partial charge in [0.25, 0.3) is 0 Å². The van der Waals surface area contributed by atoms with E-state index in [9.17, 15) is 8.42 Å². The first-order valence-electron chi connectivity index (χ1n) is 7.56. The Hall–Kier alpha value is -0.980. The number of pyridine rings is 1. The Balaban J connectivity index is 1.90. The fourth-order valence-corrected chi connectivity index (χ4v) is 4.30. The Kier molecular flexibility index (Phi) is 5.72. The molecule has 0 bridgehead atoms. The molecular weight excluding hydrogens is 286 g/mol. The normalized spacial score (nSPS) is 23.4. The van der Waals surface area contributed by atoms with Gasteiger partial charge in [-0.2, -0.15) is 0 Å². The van der Waals surface area contributed by atoms with Crippen molar-refractivity contribution in [1.29, 1.82) is 0 Å². The Labute approximate surface area is 127 Å². The van der Waals surface area contributed by atoms with Crippen LogP contribution in [0.3, 0.4) is 0 Å². The second kappa shape index (κ2) is 7.33. The molecule has 1 fully saturated rings. The van der Waals surface area contributed by atoms with Gasteiger partial charge in [-0.15, -0.1) is 0 Å². The van der Waals surface area contributed by atoms with E-state index in [1.165, 1.54) is 0 Å². The van der Waals surface area contributed by atoms with Crippen LogP contribution < -0.4 is 5.32 Å². The van der Waals surface area contributed by atoms with E-state index in [4.69, 9.17) is 0 Å². The zero-order valence-corrected chi connectivity index (χ0v) is 13.6. The Morgan fingerprint density at radius 3 is 2.57 bits per heavy atom. The standard InChI is InChI=1S/C15H25N3O2S/c1-16-13-6-8-15(9-7-13)18(2)21(19,20)12-10-14-5-3-4-11-17-14/h3-5,11,13,15-16H,6-10,12H2,1-2H3. The predicted molar refractivity (Wildman–Crippen MR) is 84.6 cm³/mol. The van der Waals surface area contributed by atoms with Gasteiger partial charge < -0.3 is 5.32 Å². The van der Waals surface area contributed by atoms with Crippen LogP contribution in [-0.2, 0) is 16.4 Å². The summed E-state index contributed by atoms with van der Waals surface area (Å²) in [5.74, 6) is 0.131. The van der Waals surface area contributed by atoms with Crippen LogP contribution in [0.5, 0.6) is 0 Å². The molecule has 1 heterocycles. The van der Waals surface area contributed by atoms with Crippen LogP contribution >= 0.6 is 0 Å². The van der Waals surface area contributed by atoms with Crippen LogP contribution in [0.4, 0.5) is 0 Å². The van der Waals surface area contributed by atoms with Gasteiger partial charge in [-0.3, -0.25) is 4.98 Å². The van der Waals surface area contributed by atoms with E-state index in [1.807, 2.05) is 25.2 Å². The van der Waals surface area contributed by atoms with Crippen LogP contribution in [0.2, 0.25) is 0 Å². The number of aryl methyl sites for hydroxylation is 1. The minimum Gasteiger partial charge on any atom is -0.317 e. The highest BCUT2D eigenvalue weighted by Gasteiger charge is 2.29. The third kappa shape index (κ3) is 4.49. The number of hydrogen-bond acceptors (Lipinski definition) is 4. The van der Waals surface area contributed by atoms with Gasteiger partial charge in [0.2, 0.25) is 10.0 Å². The molecule has 0 spiro atoms. The van der Waals surface area contributed by atoms with Crippen molar-refractivity contribution in [3.63, 3.8) is 0 Å².